The number of carbonyl (C=O) groups excluding carboxylic acids is 1. The Morgan fingerprint density at radius 2 is 2.27 bits per heavy atom. The summed E-state index contributed by atoms with van der Waals surface area (Å²) in [5.74, 6) is 0.864. The number of nitrogens with zero attached hydrogens (tertiary/aromatic N) is 2. The summed E-state index contributed by atoms with van der Waals surface area (Å²) >= 11 is 0. The van der Waals surface area contributed by atoms with Gasteiger partial charge in [0.25, 0.3) is 0 Å². The standard InChI is InChI=1S/C16H29N3O3/c1-3-17-15(18-9-5-4-6-14(20)21-2)19-10-7-16(12-19)8-11-22-13-16/h3-13H2,1-2H3,(H,17,18). The Balaban J connectivity index is 1.79. The van der Waals surface area contributed by atoms with E-state index >= 15 is 0 Å². The zero-order valence-corrected chi connectivity index (χ0v) is 13.9. The third-order valence-corrected chi connectivity index (χ3v) is 4.54. The molecule has 0 radical (unpaired) electrons. The number of ether oxygens (including phenoxy) is 2. The first-order chi connectivity index (χ1) is 10.7. The third kappa shape index (κ3) is 4.60. The maximum absolute atomic E-state index is 11.1. The summed E-state index contributed by atoms with van der Waals surface area (Å²) in [4.78, 5) is 18.1. The molecule has 22 heavy (non-hydrogen) atoms. The highest BCUT2D eigenvalue weighted by atomic mass is 16.5. The molecule has 2 heterocycles. The molecule has 1 spiro atoms. The summed E-state index contributed by atoms with van der Waals surface area (Å²) in [5, 5.41) is 3.39. The fourth-order valence-electron chi connectivity index (χ4n) is 3.18. The van der Waals surface area contributed by atoms with Crippen LogP contribution in [0.3, 0.4) is 0 Å². The van der Waals surface area contributed by atoms with Crippen LogP contribution in [-0.4, -0.2) is 63.3 Å². The number of esters is 1. The van der Waals surface area contributed by atoms with Crippen molar-refractivity contribution in [1.29, 1.82) is 0 Å². The summed E-state index contributed by atoms with van der Waals surface area (Å²) < 4.78 is 10.2. The van der Waals surface area contributed by atoms with Gasteiger partial charge in [0.2, 0.25) is 0 Å². The van der Waals surface area contributed by atoms with Gasteiger partial charge in [0.1, 0.15) is 0 Å². The molecular formula is C16H29N3O3. The van der Waals surface area contributed by atoms with E-state index in [1.54, 1.807) is 0 Å². The van der Waals surface area contributed by atoms with Crippen molar-refractivity contribution in [2.24, 2.45) is 10.4 Å². The molecule has 1 N–H and O–H groups in total. The maximum Gasteiger partial charge on any atom is 0.305 e. The van der Waals surface area contributed by atoms with Gasteiger partial charge in [-0.05, 0) is 32.6 Å². The summed E-state index contributed by atoms with van der Waals surface area (Å²) in [6.45, 7) is 7.60. The van der Waals surface area contributed by atoms with E-state index in [1.165, 1.54) is 20.0 Å². The predicted octanol–water partition coefficient (Wildman–Crippen LogP) is 1.41. The number of methoxy groups -OCH3 is 1. The number of rotatable bonds is 6. The van der Waals surface area contributed by atoms with Crippen LogP contribution in [0.15, 0.2) is 4.99 Å². The summed E-state index contributed by atoms with van der Waals surface area (Å²) in [7, 11) is 1.43. The fourth-order valence-corrected chi connectivity index (χ4v) is 3.18. The molecule has 126 valence electrons. The average molecular weight is 311 g/mol. The van der Waals surface area contributed by atoms with Gasteiger partial charge in [0.15, 0.2) is 5.96 Å². The number of hydrogen-bond acceptors (Lipinski definition) is 4. The number of hydrogen-bond donors (Lipinski definition) is 1. The van der Waals surface area contributed by atoms with Gasteiger partial charge < -0.3 is 19.7 Å². The molecule has 0 bridgehead atoms. The van der Waals surface area contributed by atoms with Crippen LogP contribution in [0.4, 0.5) is 0 Å². The molecule has 0 aromatic rings. The molecule has 0 aromatic carbocycles. The van der Waals surface area contributed by atoms with E-state index in [-0.39, 0.29) is 5.97 Å². The molecule has 2 fully saturated rings. The molecule has 6 nitrogen and oxygen atoms in total. The van der Waals surface area contributed by atoms with Crippen LogP contribution < -0.4 is 5.32 Å². The number of nitrogens with one attached hydrogen (secondary N) is 1. The lowest BCUT2D eigenvalue weighted by Crippen LogP contribution is -2.41. The van der Waals surface area contributed by atoms with E-state index in [4.69, 9.17) is 9.73 Å². The van der Waals surface area contributed by atoms with Crippen LogP contribution in [0.1, 0.15) is 39.0 Å². The van der Waals surface area contributed by atoms with E-state index in [1.807, 2.05) is 0 Å². The van der Waals surface area contributed by atoms with Gasteiger partial charge in [-0.15, -0.1) is 0 Å². The van der Waals surface area contributed by atoms with Gasteiger partial charge >= 0.3 is 5.97 Å². The first-order valence-corrected chi connectivity index (χ1v) is 8.37. The molecule has 6 heteroatoms. The van der Waals surface area contributed by atoms with E-state index in [0.29, 0.717) is 11.8 Å². The maximum atomic E-state index is 11.1. The lowest BCUT2D eigenvalue weighted by Gasteiger charge is -2.25. The van der Waals surface area contributed by atoms with E-state index in [2.05, 4.69) is 21.9 Å². The number of likely N-dealkylation sites (tertiary alicyclic amines) is 1. The Labute approximate surface area is 133 Å². The first-order valence-electron chi connectivity index (χ1n) is 8.37. The Morgan fingerprint density at radius 3 is 2.95 bits per heavy atom. The molecule has 2 rings (SSSR count). The van der Waals surface area contributed by atoms with Gasteiger partial charge in [-0.1, -0.05) is 0 Å². The van der Waals surface area contributed by atoms with Crippen molar-refractivity contribution in [3.8, 4) is 0 Å². The molecular weight excluding hydrogens is 282 g/mol. The molecule has 2 aliphatic rings. The second-order valence-corrected chi connectivity index (χ2v) is 6.24. The Bertz CT molecular complexity index is 392. The molecule has 2 saturated heterocycles. The molecule has 2 aliphatic heterocycles. The van der Waals surface area contributed by atoms with Crippen LogP contribution in [0.5, 0.6) is 0 Å². The van der Waals surface area contributed by atoms with Crippen LogP contribution in [-0.2, 0) is 14.3 Å². The second kappa shape index (κ2) is 8.36. The van der Waals surface area contributed by atoms with Crippen LogP contribution in [0.2, 0.25) is 0 Å². The number of carbonyl (C=O) groups is 1. The highest BCUT2D eigenvalue weighted by Gasteiger charge is 2.42. The van der Waals surface area contributed by atoms with Gasteiger partial charge in [-0.25, -0.2) is 0 Å². The average Bonchev–Trinajstić information content (AvgIpc) is 3.16. The normalized spacial score (nSPS) is 25.0. The smallest absolute Gasteiger partial charge is 0.305 e. The van der Waals surface area contributed by atoms with Gasteiger partial charge in [0, 0.05) is 44.6 Å². The molecule has 0 saturated carbocycles. The lowest BCUT2D eigenvalue weighted by molar-refractivity contribution is -0.140. The third-order valence-electron chi connectivity index (χ3n) is 4.54. The zero-order chi connectivity index (χ0) is 15.8. The van der Waals surface area contributed by atoms with Crippen LogP contribution in [0, 0.1) is 5.41 Å². The lowest BCUT2D eigenvalue weighted by atomic mass is 9.87. The Hall–Kier alpha value is -1.30. The summed E-state index contributed by atoms with van der Waals surface area (Å²) in [5.41, 5.74) is 0.348. The second-order valence-electron chi connectivity index (χ2n) is 6.24. The van der Waals surface area contributed by atoms with E-state index < -0.39 is 0 Å². The minimum absolute atomic E-state index is 0.140. The Morgan fingerprint density at radius 1 is 1.41 bits per heavy atom. The van der Waals surface area contributed by atoms with Crippen LogP contribution in [0.25, 0.3) is 0 Å². The number of aliphatic imine (C=N–C) groups is 1. The number of unbranched alkanes of at least 4 members (excludes halogenated alkanes) is 1. The van der Waals surface area contributed by atoms with Gasteiger partial charge in [-0.2, -0.15) is 0 Å². The predicted molar refractivity (Wildman–Crippen MR) is 85.9 cm³/mol. The zero-order valence-electron chi connectivity index (χ0n) is 13.9. The monoisotopic (exact) mass is 311 g/mol. The fraction of sp³-hybridized carbons (Fsp3) is 0.875. The van der Waals surface area contributed by atoms with Crippen molar-refractivity contribution in [2.75, 3.05) is 46.5 Å². The van der Waals surface area contributed by atoms with Gasteiger partial charge in [0.05, 0.1) is 13.7 Å². The largest absolute Gasteiger partial charge is 0.469 e. The van der Waals surface area contributed by atoms with Crippen molar-refractivity contribution < 1.29 is 14.3 Å². The highest BCUT2D eigenvalue weighted by molar-refractivity contribution is 5.80. The van der Waals surface area contributed by atoms with Crippen LogP contribution >= 0.6 is 0 Å². The minimum atomic E-state index is -0.140. The Kier molecular flexibility index (Phi) is 6.49. The molecule has 0 aliphatic carbocycles. The quantitative estimate of drug-likeness (QED) is 0.348. The molecule has 1 unspecified atom stereocenters. The van der Waals surface area contributed by atoms with Crippen molar-refractivity contribution in [2.45, 2.75) is 39.0 Å². The van der Waals surface area contributed by atoms with Crippen molar-refractivity contribution in [1.82, 2.24) is 10.2 Å². The summed E-state index contributed by atoms with van der Waals surface area (Å²) in [6, 6.07) is 0. The molecule has 0 aromatic heterocycles. The summed E-state index contributed by atoms with van der Waals surface area (Å²) in [6.07, 6.45) is 4.58. The van der Waals surface area contributed by atoms with Crippen molar-refractivity contribution in [3.63, 3.8) is 0 Å². The molecule has 0 amide bonds. The highest BCUT2D eigenvalue weighted by Crippen LogP contribution is 2.38. The minimum Gasteiger partial charge on any atom is -0.469 e. The number of guanidine groups is 1. The SMILES string of the molecule is CCNC(=NCCCCC(=O)OC)N1CCC2(CCOC2)C1. The topological polar surface area (TPSA) is 63.2 Å². The van der Waals surface area contributed by atoms with Crippen molar-refractivity contribution in [3.05, 3.63) is 0 Å². The molecule has 1 atom stereocenters. The van der Waals surface area contributed by atoms with E-state index in [9.17, 15) is 4.79 Å². The van der Waals surface area contributed by atoms with Gasteiger partial charge in [-0.3, -0.25) is 9.79 Å². The van der Waals surface area contributed by atoms with Crippen molar-refractivity contribution >= 4 is 11.9 Å². The first kappa shape index (κ1) is 17.1. The van der Waals surface area contributed by atoms with E-state index in [0.717, 1.165) is 58.2 Å².